The second kappa shape index (κ2) is 12.3. The van der Waals surface area contributed by atoms with E-state index in [2.05, 4.69) is 15.8 Å². The van der Waals surface area contributed by atoms with Crippen LogP contribution >= 0.6 is 35.6 Å². The summed E-state index contributed by atoms with van der Waals surface area (Å²) in [6.07, 6.45) is -0.622. The van der Waals surface area contributed by atoms with E-state index in [9.17, 15) is 9.90 Å². The van der Waals surface area contributed by atoms with Crippen molar-refractivity contribution < 1.29 is 19.2 Å². The van der Waals surface area contributed by atoms with E-state index in [4.69, 9.17) is 32.5 Å². The highest BCUT2D eigenvalue weighted by atomic mass is 35.5. The fourth-order valence-corrected chi connectivity index (χ4v) is 3.56. The highest BCUT2D eigenvalue weighted by Crippen LogP contribution is 2.37. The minimum absolute atomic E-state index is 0. The van der Waals surface area contributed by atoms with Crippen LogP contribution in [0, 0.1) is 6.92 Å². The van der Waals surface area contributed by atoms with Crippen LogP contribution in [-0.4, -0.2) is 41.5 Å². The smallest absolute Gasteiger partial charge is 0.261 e. The molecule has 2 aromatic carbocycles. The topological polar surface area (TPSA) is 96.6 Å². The molecule has 0 fully saturated rings. The SMILES string of the molecule is Cc1onc(-c2c(Cl)cccc2Cl)c1C(=O)Nc1ccc(OCC(O)CNC(C)C)cc1.Cl. The monoisotopic (exact) mass is 513 g/mol. The van der Waals surface area contributed by atoms with Gasteiger partial charge in [-0.25, -0.2) is 0 Å². The Kier molecular flexibility index (Phi) is 10.0. The van der Waals surface area contributed by atoms with Gasteiger partial charge >= 0.3 is 0 Å². The first-order valence-electron chi connectivity index (χ1n) is 10.1. The number of nitrogens with zero attached hydrogens (tertiary/aromatic N) is 1. The van der Waals surface area contributed by atoms with Gasteiger partial charge in [-0.15, -0.1) is 12.4 Å². The number of hydrogen-bond donors (Lipinski definition) is 3. The molecule has 0 aliphatic carbocycles. The minimum Gasteiger partial charge on any atom is -0.491 e. The molecule has 1 unspecified atom stereocenters. The van der Waals surface area contributed by atoms with E-state index >= 15 is 0 Å². The molecule has 0 aliphatic heterocycles. The van der Waals surface area contributed by atoms with Crippen LogP contribution in [0.1, 0.15) is 30.0 Å². The second-order valence-electron chi connectivity index (χ2n) is 7.57. The van der Waals surface area contributed by atoms with Gasteiger partial charge in [-0.05, 0) is 43.3 Å². The number of rotatable bonds is 9. The Bertz CT molecular complexity index is 1050. The lowest BCUT2D eigenvalue weighted by Gasteiger charge is -2.15. The Balaban J connectivity index is 0.00000385. The van der Waals surface area contributed by atoms with Crippen LogP contribution in [0.15, 0.2) is 47.0 Å². The lowest BCUT2D eigenvalue weighted by Crippen LogP contribution is -2.35. The third-order valence-electron chi connectivity index (χ3n) is 4.61. The standard InChI is InChI=1S/C23H25Cl2N3O4.ClH/c1-13(2)26-11-16(29)12-31-17-9-7-15(8-10-17)27-23(30)20-14(3)32-28-22(20)21-18(24)5-4-6-19(21)25;/h4-10,13,16,26,29H,11-12H2,1-3H3,(H,27,30);1H. The molecule has 1 atom stereocenters. The lowest BCUT2D eigenvalue weighted by molar-refractivity contribution is 0.102. The van der Waals surface area contributed by atoms with Crippen molar-refractivity contribution in [1.82, 2.24) is 10.5 Å². The largest absolute Gasteiger partial charge is 0.491 e. The maximum Gasteiger partial charge on any atom is 0.261 e. The number of carbonyl (C=O) groups excluding carboxylic acids is 1. The molecule has 1 heterocycles. The van der Waals surface area contributed by atoms with Gasteiger partial charge in [0.2, 0.25) is 0 Å². The number of hydrogen-bond acceptors (Lipinski definition) is 6. The number of carbonyl (C=O) groups is 1. The van der Waals surface area contributed by atoms with E-state index in [1.54, 1.807) is 49.4 Å². The first-order chi connectivity index (χ1) is 15.3. The Labute approximate surface area is 208 Å². The molecule has 0 spiro atoms. The third kappa shape index (κ3) is 7.09. The van der Waals surface area contributed by atoms with E-state index in [1.165, 1.54) is 0 Å². The summed E-state index contributed by atoms with van der Waals surface area (Å²) in [5, 5.41) is 20.6. The lowest BCUT2D eigenvalue weighted by atomic mass is 10.1. The van der Waals surface area contributed by atoms with Crippen molar-refractivity contribution in [3.05, 3.63) is 63.8 Å². The molecular formula is C23H26Cl3N3O4. The predicted octanol–water partition coefficient (Wildman–Crippen LogP) is 5.37. The number of anilines is 1. The van der Waals surface area contributed by atoms with Crippen molar-refractivity contribution in [2.45, 2.75) is 32.9 Å². The van der Waals surface area contributed by atoms with Gasteiger partial charge in [-0.2, -0.15) is 0 Å². The zero-order chi connectivity index (χ0) is 23.3. The van der Waals surface area contributed by atoms with E-state index in [1.807, 2.05) is 13.8 Å². The normalized spacial score (nSPS) is 11.7. The number of ether oxygens (including phenoxy) is 1. The van der Waals surface area contributed by atoms with Crippen LogP contribution in [0.5, 0.6) is 5.75 Å². The van der Waals surface area contributed by atoms with E-state index in [0.29, 0.717) is 39.4 Å². The van der Waals surface area contributed by atoms with Crippen molar-refractivity contribution in [3.63, 3.8) is 0 Å². The molecule has 33 heavy (non-hydrogen) atoms. The van der Waals surface area contributed by atoms with Crippen molar-refractivity contribution in [2.24, 2.45) is 0 Å². The Hall–Kier alpha value is -2.29. The summed E-state index contributed by atoms with van der Waals surface area (Å²) in [6, 6.07) is 12.2. The molecule has 178 valence electrons. The van der Waals surface area contributed by atoms with Crippen LogP contribution < -0.4 is 15.4 Å². The quantitative estimate of drug-likeness (QED) is 0.355. The summed E-state index contributed by atoms with van der Waals surface area (Å²) in [5.41, 5.74) is 1.52. The van der Waals surface area contributed by atoms with Gasteiger partial charge in [-0.3, -0.25) is 4.79 Å². The summed E-state index contributed by atoms with van der Waals surface area (Å²) in [4.78, 5) is 13.0. The first kappa shape index (κ1) is 27.0. The molecule has 10 heteroatoms. The Morgan fingerprint density at radius 3 is 2.39 bits per heavy atom. The molecule has 0 saturated heterocycles. The minimum atomic E-state index is -0.622. The zero-order valence-corrected chi connectivity index (χ0v) is 20.7. The Morgan fingerprint density at radius 1 is 1.15 bits per heavy atom. The molecule has 3 rings (SSSR count). The number of benzene rings is 2. The van der Waals surface area contributed by atoms with Gasteiger partial charge in [0, 0.05) is 23.8 Å². The molecule has 7 nitrogen and oxygen atoms in total. The van der Waals surface area contributed by atoms with E-state index in [0.717, 1.165) is 0 Å². The summed E-state index contributed by atoms with van der Waals surface area (Å²) < 4.78 is 10.8. The molecule has 0 radical (unpaired) electrons. The van der Waals surface area contributed by atoms with Gasteiger partial charge < -0.3 is 25.0 Å². The molecule has 0 bridgehead atoms. The highest BCUT2D eigenvalue weighted by Gasteiger charge is 2.25. The molecule has 3 N–H and O–H groups in total. The van der Waals surface area contributed by atoms with E-state index < -0.39 is 12.0 Å². The fourth-order valence-electron chi connectivity index (χ4n) is 2.99. The summed E-state index contributed by atoms with van der Waals surface area (Å²) in [7, 11) is 0. The number of aliphatic hydroxyl groups excluding tert-OH is 1. The van der Waals surface area contributed by atoms with E-state index in [-0.39, 0.29) is 36.3 Å². The van der Waals surface area contributed by atoms with Crippen LogP contribution in [0.2, 0.25) is 10.0 Å². The third-order valence-corrected chi connectivity index (χ3v) is 5.24. The number of aryl methyl sites for hydroxylation is 1. The Morgan fingerprint density at radius 2 is 1.79 bits per heavy atom. The average Bonchev–Trinajstić information content (AvgIpc) is 3.12. The number of nitrogens with one attached hydrogen (secondary N) is 2. The van der Waals surface area contributed by atoms with Gasteiger partial charge in [0.25, 0.3) is 5.91 Å². The number of aliphatic hydroxyl groups is 1. The van der Waals surface area contributed by atoms with Gasteiger partial charge in [0.15, 0.2) is 0 Å². The highest BCUT2D eigenvalue weighted by molar-refractivity contribution is 6.39. The predicted molar refractivity (Wildman–Crippen MR) is 133 cm³/mol. The average molecular weight is 515 g/mol. The van der Waals surface area contributed by atoms with Gasteiger partial charge in [0.05, 0.1) is 10.0 Å². The van der Waals surface area contributed by atoms with Crippen molar-refractivity contribution in [1.29, 1.82) is 0 Å². The molecule has 0 aliphatic rings. The van der Waals surface area contributed by atoms with Crippen LogP contribution in [0.3, 0.4) is 0 Å². The fraction of sp³-hybridized carbons (Fsp3) is 0.304. The zero-order valence-electron chi connectivity index (χ0n) is 18.4. The van der Waals surface area contributed by atoms with Crippen LogP contribution in [0.25, 0.3) is 11.3 Å². The maximum absolute atomic E-state index is 13.0. The maximum atomic E-state index is 13.0. The summed E-state index contributed by atoms with van der Waals surface area (Å²) in [5.74, 6) is 0.521. The number of amides is 1. The molecule has 1 aromatic heterocycles. The van der Waals surface area contributed by atoms with Gasteiger partial charge in [0.1, 0.15) is 35.5 Å². The second-order valence-corrected chi connectivity index (χ2v) is 8.38. The first-order valence-corrected chi connectivity index (χ1v) is 10.9. The summed E-state index contributed by atoms with van der Waals surface area (Å²) >= 11 is 12.6. The molecule has 1 amide bonds. The molecule has 0 saturated carbocycles. The molecule has 3 aromatic rings. The van der Waals surface area contributed by atoms with Crippen molar-refractivity contribution in [2.75, 3.05) is 18.5 Å². The van der Waals surface area contributed by atoms with Crippen molar-refractivity contribution >= 4 is 47.2 Å². The number of aromatic nitrogens is 1. The van der Waals surface area contributed by atoms with Crippen LogP contribution in [-0.2, 0) is 0 Å². The van der Waals surface area contributed by atoms with Crippen molar-refractivity contribution in [3.8, 4) is 17.0 Å². The number of halogens is 3. The molecular weight excluding hydrogens is 489 g/mol. The summed E-state index contributed by atoms with van der Waals surface area (Å²) in [6.45, 7) is 6.27. The van der Waals surface area contributed by atoms with Crippen LogP contribution in [0.4, 0.5) is 5.69 Å². The van der Waals surface area contributed by atoms with Gasteiger partial charge in [-0.1, -0.05) is 48.3 Å².